The maximum absolute atomic E-state index is 12.8. The molecule has 0 spiro atoms. The summed E-state index contributed by atoms with van der Waals surface area (Å²) in [6, 6.07) is 3.37. The molecule has 1 amide bonds. The van der Waals surface area contributed by atoms with E-state index in [-0.39, 0.29) is 23.6 Å². The molecule has 27 heavy (non-hydrogen) atoms. The Labute approximate surface area is 157 Å². The van der Waals surface area contributed by atoms with Crippen molar-refractivity contribution in [2.24, 2.45) is 7.05 Å². The number of rotatable bonds is 8. The summed E-state index contributed by atoms with van der Waals surface area (Å²) < 4.78 is 39.4. The van der Waals surface area contributed by atoms with E-state index in [9.17, 15) is 18.0 Å². The van der Waals surface area contributed by atoms with Crippen LogP contribution in [-0.2, 0) is 33.1 Å². The summed E-state index contributed by atoms with van der Waals surface area (Å²) in [5.41, 5.74) is 0.813. The monoisotopic (exact) mass is 397 g/mol. The van der Waals surface area contributed by atoms with Crippen LogP contribution in [0.2, 0.25) is 0 Å². The highest BCUT2D eigenvalue weighted by Crippen LogP contribution is 2.26. The largest absolute Gasteiger partial charge is 0.467 e. The molecule has 2 heterocycles. The Hall–Kier alpha value is -2.59. The van der Waals surface area contributed by atoms with Crippen LogP contribution < -0.4 is 10.0 Å². The molecule has 2 aromatic rings. The predicted octanol–water partition coefficient (Wildman–Crippen LogP) is 1.01. The minimum Gasteiger partial charge on any atom is -0.467 e. The van der Waals surface area contributed by atoms with E-state index >= 15 is 0 Å². The van der Waals surface area contributed by atoms with Crippen LogP contribution in [0.5, 0.6) is 0 Å². The molecule has 0 saturated heterocycles. The van der Waals surface area contributed by atoms with Crippen LogP contribution in [0.25, 0.3) is 0 Å². The standard InChI is InChI=1S/C17H23N3O6S/c1-5-25-17(22)15-11(2)20(4)12(3)16(15)27(23,24)19-10-14(21)18-9-13-7-6-8-26-13/h6-8,19H,5,9-10H2,1-4H3,(H,18,21). The fourth-order valence-electron chi connectivity index (χ4n) is 2.58. The molecule has 0 aliphatic heterocycles. The summed E-state index contributed by atoms with van der Waals surface area (Å²) >= 11 is 0. The van der Waals surface area contributed by atoms with Crippen LogP contribution >= 0.6 is 0 Å². The number of carbonyl (C=O) groups excluding carboxylic acids is 2. The SMILES string of the molecule is CCOC(=O)c1c(S(=O)(=O)NCC(=O)NCc2ccco2)c(C)n(C)c1C. The zero-order valence-electron chi connectivity index (χ0n) is 15.7. The van der Waals surface area contributed by atoms with Crippen LogP contribution in [-0.4, -0.2) is 38.0 Å². The molecule has 10 heteroatoms. The van der Waals surface area contributed by atoms with E-state index in [1.165, 1.54) is 6.26 Å². The highest BCUT2D eigenvalue weighted by atomic mass is 32.2. The molecule has 0 aliphatic rings. The van der Waals surface area contributed by atoms with Gasteiger partial charge in [-0.25, -0.2) is 17.9 Å². The van der Waals surface area contributed by atoms with E-state index in [0.717, 1.165) is 0 Å². The van der Waals surface area contributed by atoms with Crippen LogP contribution in [0.3, 0.4) is 0 Å². The van der Waals surface area contributed by atoms with Gasteiger partial charge in [-0.3, -0.25) is 4.79 Å². The number of ether oxygens (including phenoxy) is 1. The number of furan rings is 1. The van der Waals surface area contributed by atoms with Crippen LogP contribution in [0, 0.1) is 13.8 Å². The molecule has 0 atom stereocenters. The van der Waals surface area contributed by atoms with Crippen LogP contribution in [0.4, 0.5) is 0 Å². The maximum Gasteiger partial charge on any atom is 0.341 e. The van der Waals surface area contributed by atoms with E-state index in [4.69, 9.17) is 9.15 Å². The number of carbonyl (C=O) groups is 2. The van der Waals surface area contributed by atoms with Crippen molar-refractivity contribution in [1.82, 2.24) is 14.6 Å². The number of nitrogens with zero attached hydrogens (tertiary/aromatic N) is 1. The van der Waals surface area contributed by atoms with E-state index in [1.54, 1.807) is 44.5 Å². The summed E-state index contributed by atoms with van der Waals surface area (Å²) in [6.07, 6.45) is 1.47. The molecule has 2 aromatic heterocycles. The molecular formula is C17H23N3O6S. The van der Waals surface area contributed by atoms with Crippen molar-refractivity contribution in [1.29, 1.82) is 0 Å². The van der Waals surface area contributed by atoms with Crippen LogP contribution in [0.1, 0.15) is 34.4 Å². The molecule has 148 valence electrons. The van der Waals surface area contributed by atoms with Crippen LogP contribution in [0.15, 0.2) is 27.7 Å². The second kappa shape index (κ2) is 8.40. The zero-order chi connectivity index (χ0) is 20.2. The quantitative estimate of drug-likeness (QED) is 0.642. The van der Waals surface area contributed by atoms with Gasteiger partial charge in [0.1, 0.15) is 16.2 Å². The average Bonchev–Trinajstić information content (AvgIpc) is 3.21. The third-order valence-electron chi connectivity index (χ3n) is 4.13. The summed E-state index contributed by atoms with van der Waals surface area (Å²) in [6.45, 7) is 4.65. The number of sulfonamides is 1. The number of hydrogen-bond donors (Lipinski definition) is 2. The van der Waals surface area contributed by atoms with Crippen molar-refractivity contribution in [3.63, 3.8) is 0 Å². The normalized spacial score (nSPS) is 11.4. The van der Waals surface area contributed by atoms with Gasteiger partial charge in [-0.1, -0.05) is 0 Å². The Bertz CT molecular complexity index is 929. The molecule has 9 nitrogen and oxygen atoms in total. The van der Waals surface area contributed by atoms with Crippen molar-refractivity contribution in [3.8, 4) is 0 Å². The molecule has 0 fully saturated rings. The summed E-state index contributed by atoms with van der Waals surface area (Å²) in [5, 5.41) is 2.54. The van der Waals surface area contributed by atoms with Crippen molar-refractivity contribution in [3.05, 3.63) is 41.1 Å². The predicted molar refractivity (Wildman–Crippen MR) is 96.6 cm³/mol. The van der Waals surface area contributed by atoms with Gasteiger partial charge >= 0.3 is 5.97 Å². The molecule has 2 N–H and O–H groups in total. The topological polar surface area (TPSA) is 120 Å². The van der Waals surface area contributed by atoms with Crippen molar-refractivity contribution < 1.29 is 27.2 Å². The number of esters is 1. The second-order valence-electron chi connectivity index (χ2n) is 5.84. The Balaban J connectivity index is 2.17. The van der Waals surface area contributed by atoms with E-state index < -0.39 is 28.4 Å². The average molecular weight is 397 g/mol. The van der Waals surface area contributed by atoms with Crippen molar-refractivity contribution in [2.75, 3.05) is 13.2 Å². The minimum absolute atomic E-state index is 0.0275. The number of nitrogens with one attached hydrogen (secondary N) is 2. The lowest BCUT2D eigenvalue weighted by molar-refractivity contribution is -0.120. The van der Waals surface area contributed by atoms with E-state index in [0.29, 0.717) is 17.1 Å². The molecule has 0 aliphatic carbocycles. The molecular weight excluding hydrogens is 374 g/mol. The Morgan fingerprint density at radius 1 is 1.26 bits per heavy atom. The third-order valence-corrected chi connectivity index (χ3v) is 5.70. The molecule has 0 aromatic carbocycles. The number of aromatic nitrogens is 1. The summed E-state index contributed by atoms with van der Waals surface area (Å²) in [5.74, 6) is -0.704. The van der Waals surface area contributed by atoms with Gasteiger partial charge in [-0.15, -0.1) is 0 Å². The third kappa shape index (κ3) is 4.58. The van der Waals surface area contributed by atoms with Gasteiger partial charge in [0.15, 0.2) is 0 Å². The fraction of sp³-hybridized carbons (Fsp3) is 0.412. The first-order valence-electron chi connectivity index (χ1n) is 8.30. The second-order valence-corrected chi connectivity index (χ2v) is 7.54. The Morgan fingerprint density at radius 2 is 1.96 bits per heavy atom. The van der Waals surface area contributed by atoms with Gasteiger partial charge in [-0.2, -0.15) is 0 Å². The lowest BCUT2D eigenvalue weighted by Crippen LogP contribution is -2.37. The van der Waals surface area contributed by atoms with E-state index in [1.807, 2.05) is 0 Å². The Kier molecular flexibility index (Phi) is 6.45. The summed E-state index contributed by atoms with van der Waals surface area (Å²) in [7, 11) is -2.45. The van der Waals surface area contributed by atoms with Crippen molar-refractivity contribution >= 4 is 21.9 Å². The molecule has 0 radical (unpaired) electrons. The fourth-order valence-corrected chi connectivity index (χ4v) is 4.07. The first-order chi connectivity index (χ1) is 12.7. The van der Waals surface area contributed by atoms with Gasteiger partial charge in [0.25, 0.3) is 0 Å². The molecule has 0 bridgehead atoms. The molecule has 0 saturated carbocycles. The van der Waals surface area contributed by atoms with Gasteiger partial charge in [0.2, 0.25) is 15.9 Å². The number of hydrogen-bond acceptors (Lipinski definition) is 6. The lowest BCUT2D eigenvalue weighted by atomic mass is 10.2. The maximum atomic E-state index is 12.8. The lowest BCUT2D eigenvalue weighted by Gasteiger charge is -2.09. The molecule has 0 unspecified atom stereocenters. The Morgan fingerprint density at radius 3 is 2.56 bits per heavy atom. The molecule has 2 rings (SSSR count). The zero-order valence-corrected chi connectivity index (χ0v) is 16.5. The highest BCUT2D eigenvalue weighted by Gasteiger charge is 2.31. The van der Waals surface area contributed by atoms with E-state index in [2.05, 4.69) is 10.0 Å². The van der Waals surface area contributed by atoms with Gasteiger partial charge in [0, 0.05) is 18.4 Å². The smallest absolute Gasteiger partial charge is 0.341 e. The summed E-state index contributed by atoms with van der Waals surface area (Å²) in [4.78, 5) is 24.0. The number of amides is 1. The van der Waals surface area contributed by atoms with Gasteiger partial charge in [-0.05, 0) is 32.9 Å². The first-order valence-corrected chi connectivity index (χ1v) is 9.79. The van der Waals surface area contributed by atoms with Crippen molar-refractivity contribution in [2.45, 2.75) is 32.2 Å². The first kappa shape index (κ1) is 20.7. The van der Waals surface area contributed by atoms with Gasteiger partial charge in [0.05, 0.1) is 26.0 Å². The highest BCUT2D eigenvalue weighted by molar-refractivity contribution is 7.89. The van der Waals surface area contributed by atoms with Gasteiger partial charge < -0.3 is 19.0 Å². The minimum atomic E-state index is -4.11.